The van der Waals surface area contributed by atoms with Gasteiger partial charge in [-0.3, -0.25) is 4.90 Å². The maximum absolute atomic E-state index is 5.29. The second-order valence-electron chi connectivity index (χ2n) is 6.95. The normalized spacial score (nSPS) is 13.6. The van der Waals surface area contributed by atoms with Crippen molar-refractivity contribution in [2.24, 2.45) is 0 Å². The van der Waals surface area contributed by atoms with Crippen LogP contribution < -0.4 is 0 Å². The fourth-order valence-electron chi connectivity index (χ4n) is 3.73. The lowest BCUT2D eigenvalue weighted by Crippen LogP contribution is -2.19. The largest absolute Gasteiger partial charge is 0.361 e. The third kappa shape index (κ3) is 3.00. The summed E-state index contributed by atoms with van der Waals surface area (Å²) in [5.41, 5.74) is 7.33. The van der Waals surface area contributed by atoms with Gasteiger partial charge in [-0.05, 0) is 57.9 Å². The Morgan fingerprint density at radius 2 is 1.92 bits per heavy atom. The zero-order chi connectivity index (χ0) is 17.4. The molecule has 0 fully saturated rings. The van der Waals surface area contributed by atoms with E-state index in [1.165, 1.54) is 28.9 Å². The minimum absolute atomic E-state index is 0.828. The van der Waals surface area contributed by atoms with Crippen LogP contribution in [0.2, 0.25) is 0 Å². The van der Waals surface area contributed by atoms with Gasteiger partial charge < -0.3 is 4.52 Å². The Morgan fingerprint density at radius 1 is 1.12 bits per heavy atom. The molecule has 25 heavy (non-hydrogen) atoms. The van der Waals surface area contributed by atoms with Crippen molar-refractivity contribution in [2.75, 3.05) is 7.05 Å². The topological polar surface area (TPSA) is 47.1 Å². The molecule has 0 spiro atoms. The standard InChI is InChI=1S/C20H24N4O/c1-14-18(15(2)25-22-14)12-23(3)13-19-17-10-7-11-20(17)24(21-19)16-8-5-4-6-9-16/h4-6,8-9H,7,10-13H2,1-3H3. The van der Waals surface area contributed by atoms with Crippen molar-refractivity contribution in [2.45, 2.75) is 46.2 Å². The summed E-state index contributed by atoms with van der Waals surface area (Å²) >= 11 is 0. The molecule has 2 heterocycles. The van der Waals surface area contributed by atoms with E-state index in [1.807, 2.05) is 19.9 Å². The van der Waals surface area contributed by atoms with Crippen molar-refractivity contribution in [1.82, 2.24) is 19.8 Å². The smallest absolute Gasteiger partial charge is 0.138 e. The molecule has 0 aliphatic heterocycles. The number of nitrogens with zero attached hydrogens (tertiary/aromatic N) is 4. The first-order chi connectivity index (χ1) is 12.1. The van der Waals surface area contributed by atoms with Gasteiger partial charge in [0.1, 0.15) is 5.76 Å². The van der Waals surface area contributed by atoms with Crippen LogP contribution in [0.5, 0.6) is 0 Å². The van der Waals surface area contributed by atoms with E-state index in [-0.39, 0.29) is 0 Å². The molecule has 0 amide bonds. The molecular weight excluding hydrogens is 312 g/mol. The van der Waals surface area contributed by atoms with Gasteiger partial charge in [0.05, 0.1) is 17.1 Å². The fraction of sp³-hybridized carbons (Fsp3) is 0.400. The van der Waals surface area contributed by atoms with Crippen LogP contribution in [0.1, 0.15) is 40.4 Å². The maximum Gasteiger partial charge on any atom is 0.138 e. The van der Waals surface area contributed by atoms with E-state index in [0.717, 1.165) is 43.1 Å². The first-order valence-corrected chi connectivity index (χ1v) is 8.89. The number of hydrogen-bond acceptors (Lipinski definition) is 4. The number of rotatable bonds is 5. The van der Waals surface area contributed by atoms with Gasteiger partial charge in [-0.25, -0.2) is 4.68 Å². The molecule has 5 nitrogen and oxygen atoms in total. The Morgan fingerprint density at radius 3 is 2.64 bits per heavy atom. The lowest BCUT2D eigenvalue weighted by atomic mass is 10.1. The molecule has 1 aliphatic rings. The summed E-state index contributed by atoms with van der Waals surface area (Å²) in [6.07, 6.45) is 3.47. The van der Waals surface area contributed by atoms with Crippen LogP contribution in [0, 0.1) is 13.8 Å². The van der Waals surface area contributed by atoms with E-state index in [0.29, 0.717) is 0 Å². The van der Waals surface area contributed by atoms with Crippen molar-refractivity contribution in [3.05, 3.63) is 64.3 Å². The lowest BCUT2D eigenvalue weighted by Gasteiger charge is -2.15. The third-order valence-electron chi connectivity index (χ3n) is 5.04. The summed E-state index contributed by atoms with van der Waals surface area (Å²) in [7, 11) is 2.13. The van der Waals surface area contributed by atoms with Crippen LogP contribution in [0.25, 0.3) is 5.69 Å². The number of aromatic nitrogens is 3. The molecule has 0 unspecified atom stereocenters. The maximum atomic E-state index is 5.29. The van der Waals surface area contributed by atoms with E-state index >= 15 is 0 Å². The number of hydrogen-bond donors (Lipinski definition) is 0. The zero-order valence-corrected chi connectivity index (χ0v) is 15.1. The number of aryl methyl sites for hydroxylation is 2. The van der Waals surface area contributed by atoms with Gasteiger partial charge >= 0.3 is 0 Å². The van der Waals surface area contributed by atoms with E-state index in [4.69, 9.17) is 9.62 Å². The highest BCUT2D eigenvalue weighted by molar-refractivity contribution is 5.39. The van der Waals surface area contributed by atoms with Crippen molar-refractivity contribution in [3.8, 4) is 5.69 Å². The molecule has 0 saturated heterocycles. The summed E-state index contributed by atoms with van der Waals surface area (Å²) in [5, 5.41) is 9.01. The quantitative estimate of drug-likeness (QED) is 0.714. The number of benzene rings is 1. The molecule has 0 saturated carbocycles. The van der Waals surface area contributed by atoms with E-state index in [2.05, 4.69) is 46.1 Å². The third-order valence-corrected chi connectivity index (χ3v) is 5.04. The Kier molecular flexibility index (Phi) is 4.17. The molecule has 130 valence electrons. The summed E-state index contributed by atoms with van der Waals surface area (Å²) in [6.45, 7) is 5.65. The molecule has 2 aromatic heterocycles. The SMILES string of the molecule is Cc1noc(C)c1CN(C)Cc1nn(-c2ccccc2)c2c1CCC2. The molecule has 3 aromatic rings. The van der Waals surface area contributed by atoms with Crippen molar-refractivity contribution in [1.29, 1.82) is 0 Å². The van der Waals surface area contributed by atoms with Gasteiger partial charge in [0.15, 0.2) is 0 Å². The van der Waals surface area contributed by atoms with Gasteiger partial charge in [-0.2, -0.15) is 5.10 Å². The van der Waals surface area contributed by atoms with Crippen LogP contribution in [-0.2, 0) is 25.9 Å². The minimum Gasteiger partial charge on any atom is -0.361 e. The van der Waals surface area contributed by atoms with Crippen LogP contribution in [0.3, 0.4) is 0 Å². The molecule has 0 N–H and O–H groups in total. The molecule has 0 bridgehead atoms. The molecule has 0 atom stereocenters. The van der Waals surface area contributed by atoms with E-state index in [9.17, 15) is 0 Å². The van der Waals surface area contributed by atoms with Crippen molar-refractivity contribution < 1.29 is 4.52 Å². The summed E-state index contributed by atoms with van der Waals surface area (Å²) in [4.78, 5) is 2.29. The zero-order valence-electron chi connectivity index (χ0n) is 15.1. The van der Waals surface area contributed by atoms with Gasteiger partial charge in [-0.15, -0.1) is 0 Å². The van der Waals surface area contributed by atoms with Crippen LogP contribution in [0.4, 0.5) is 0 Å². The molecule has 4 rings (SSSR count). The van der Waals surface area contributed by atoms with Crippen molar-refractivity contribution in [3.63, 3.8) is 0 Å². The minimum atomic E-state index is 0.828. The van der Waals surface area contributed by atoms with Gasteiger partial charge in [0.25, 0.3) is 0 Å². The first kappa shape index (κ1) is 16.1. The Hall–Kier alpha value is -2.40. The number of para-hydroxylation sites is 1. The molecule has 0 radical (unpaired) electrons. The summed E-state index contributed by atoms with van der Waals surface area (Å²) in [5.74, 6) is 0.907. The molecule has 5 heteroatoms. The Bertz CT molecular complexity index is 859. The van der Waals surface area contributed by atoms with E-state index < -0.39 is 0 Å². The van der Waals surface area contributed by atoms with Crippen molar-refractivity contribution >= 4 is 0 Å². The fourth-order valence-corrected chi connectivity index (χ4v) is 3.73. The summed E-state index contributed by atoms with van der Waals surface area (Å²) in [6, 6.07) is 10.4. The highest BCUT2D eigenvalue weighted by Crippen LogP contribution is 2.28. The summed E-state index contributed by atoms with van der Waals surface area (Å²) < 4.78 is 7.43. The van der Waals surface area contributed by atoms with Gasteiger partial charge in [0, 0.05) is 24.3 Å². The predicted molar refractivity (Wildman–Crippen MR) is 96.7 cm³/mol. The molecular formula is C20H24N4O. The van der Waals surface area contributed by atoms with Crippen LogP contribution >= 0.6 is 0 Å². The second kappa shape index (κ2) is 6.48. The Labute approximate surface area is 148 Å². The molecule has 1 aromatic carbocycles. The average Bonchev–Trinajstić information content (AvgIpc) is 3.29. The molecule has 1 aliphatic carbocycles. The van der Waals surface area contributed by atoms with Crippen LogP contribution in [0.15, 0.2) is 34.9 Å². The Balaban J connectivity index is 1.59. The van der Waals surface area contributed by atoms with Crippen LogP contribution in [-0.4, -0.2) is 26.9 Å². The lowest BCUT2D eigenvalue weighted by molar-refractivity contribution is 0.309. The highest BCUT2D eigenvalue weighted by Gasteiger charge is 2.24. The monoisotopic (exact) mass is 336 g/mol. The highest BCUT2D eigenvalue weighted by atomic mass is 16.5. The van der Waals surface area contributed by atoms with Gasteiger partial charge in [-0.1, -0.05) is 23.4 Å². The van der Waals surface area contributed by atoms with E-state index in [1.54, 1.807) is 0 Å². The number of fused-ring (bicyclic) bond motifs is 1. The second-order valence-corrected chi connectivity index (χ2v) is 6.95. The predicted octanol–water partition coefficient (Wildman–Crippen LogP) is 3.60. The first-order valence-electron chi connectivity index (χ1n) is 8.89. The average molecular weight is 336 g/mol. The van der Waals surface area contributed by atoms with Gasteiger partial charge in [0.2, 0.25) is 0 Å².